The van der Waals surface area contributed by atoms with Crippen molar-refractivity contribution >= 4 is 0 Å². The van der Waals surface area contributed by atoms with Crippen LogP contribution in [0.25, 0.3) is 0 Å². The molecule has 7 heteroatoms. The molecule has 1 atom stereocenters. The fraction of sp³-hybridized carbons (Fsp3) is 0.333. The molecule has 40 heavy (non-hydrogen) atoms. The maximum Gasteiger partial charge on any atom is 0.270 e. The smallest absolute Gasteiger partial charge is 0.270 e. The summed E-state index contributed by atoms with van der Waals surface area (Å²) in [7, 11) is 0. The van der Waals surface area contributed by atoms with Crippen LogP contribution in [0.4, 0.5) is 8.78 Å². The van der Waals surface area contributed by atoms with Crippen molar-refractivity contribution in [3.8, 4) is 5.75 Å². The van der Waals surface area contributed by atoms with Gasteiger partial charge in [-0.15, -0.1) is 0 Å². The minimum Gasteiger partial charge on any atom is -0.508 e. The van der Waals surface area contributed by atoms with Crippen LogP contribution >= 0.6 is 0 Å². The van der Waals surface area contributed by atoms with Gasteiger partial charge in [0.1, 0.15) is 11.6 Å². The van der Waals surface area contributed by atoms with Crippen LogP contribution in [-0.4, -0.2) is 26.1 Å². The third-order valence-electron chi connectivity index (χ3n) is 8.15. The van der Waals surface area contributed by atoms with E-state index in [9.17, 15) is 18.7 Å². The summed E-state index contributed by atoms with van der Waals surface area (Å²) < 4.78 is 29.9. The molecule has 0 amide bonds. The Morgan fingerprint density at radius 2 is 1.77 bits per heavy atom. The van der Waals surface area contributed by atoms with E-state index >= 15 is 0 Å². The van der Waals surface area contributed by atoms with Gasteiger partial charge in [0.2, 0.25) is 0 Å². The third kappa shape index (κ3) is 5.06. The molecule has 0 saturated heterocycles. The number of fused-ring (bicyclic) bond motifs is 1. The summed E-state index contributed by atoms with van der Waals surface area (Å²) >= 11 is 0. The zero-order valence-corrected chi connectivity index (χ0v) is 22.8. The molecule has 2 aliphatic rings. The molecule has 1 aliphatic heterocycles. The van der Waals surface area contributed by atoms with Crippen LogP contribution in [-0.2, 0) is 25.4 Å². The van der Waals surface area contributed by atoms with Gasteiger partial charge in [-0.1, -0.05) is 54.6 Å². The van der Waals surface area contributed by atoms with Crippen LogP contribution in [0.1, 0.15) is 76.6 Å². The molecule has 1 N–H and O–H groups in total. The van der Waals surface area contributed by atoms with Gasteiger partial charge in [0.25, 0.3) is 11.5 Å². The number of alkyl halides is 2. The average molecular weight is 542 g/mol. The Labute approximate surface area is 232 Å². The van der Waals surface area contributed by atoms with Crippen molar-refractivity contribution in [1.29, 1.82) is 0 Å². The number of nitrogens with zero attached hydrogens (tertiary/aromatic N) is 3. The summed E-state index contributed by atoms with van der Waals surface area (Å²) in [5, 5.41) is 10.4. The lowest BCUT2D eigenvalue weighted by molar-refractivity contribution is 0.0173. The van der Waals surface area contributed by atoms with E-state index in [0.717, 1.165) is 48.0 Å². The second kappa shape index (κ2) is 10.3. The second-order valence-electron chi connectivity index (χ2n) is 11.2. The molecule has 3 aromatic carbocycles. The Kier molecular flexibility index (Phi) is 6.78. The predicted molar refractivity (Wildman–Crippen MR) is 151 cm³/mol. The molecule has 0 spiro atoms. The van der Waals surface area contributed by atoms with Crippen LogP contribution < -0.4 is 5.56 Å². The van der Waals surface area contributed by atoms with E-state index < -0.39 is 5.92 Å². The average Bonchev–Trinajstić information content (AvgIpc) is 3.78. The SMILES string of the molecule is Cc1ccccc1C(c1ccccc1)n1c(C2CC2)nc2c(c1=O)CN(Cc1cc(C(C)(F)F)ccc1O)CC2. The largest absolute Gasteiger partial charge is 0.508 e. The monoisotopic (exact) mass is 541 g/mol. The van der Waals surface area contributed by atoms with Gasteiger partial charge in [0.15, 0.2) is 0 Å². The summed E-state index contributed by atoms with van der Waals surface area (Å²) in [5.41, 5.74) is 4.90. The van der Waals surface area contributed by atoms with Gasteiger partial charge in [-0.2, -0.15) is 0 Å². The van der Waals surface area contributed by atoms with Crippen molar-refractivity contribution < 1.29 is 13.9 Å². The van der Waals surface area contributed by atoms with E-state index in [2.05, 4.69) is 31.2 Å². The van der Waals surface area contributed by atoms with E-state index in [4.69, 9.17) is 4.98 Å². The lowest BCUT2D eigenvalue weighted by Crippen LogP contribution is -2.40. The summed E-state index contributed by atoms with van der Waals surface area (Å²) in [4.78, 5) is 21.6. The molecule has 1 saturated carbocycles. The lowest BCUT2D eigenvalue weighted by Gasteiger charge is -2.31. The number of benzene rings is 3. The highest BCUT2D eigenvalue weighted by Crippen LogP contribution is 2.42. The first-order valence-electron chi connectivity index (χ1n) is 13.9. The molecule has 0 bridgehead atoms. The highest BCUT2D eigenvalue weighted by Gasteiger charge is 2.35. The van der Waals surface area contributed by atoms with Crippen LogP contribution in [0.3, 0.4) is 0 Å². The molecule has 2 heterocycles. The van der Waals surface area contributed by atoms with E-state index in [1.807, 2.05) is 39.8 Å². The topological polar surface area (TPSA) is 58.4 Å². The molecule has 6 rings (SSSR count). The number of phenols is 1. The van der Waals surface area contributed by atoms with Crippen LogP contribution in [0, 0.1) is 6.92 Å². The Morgan fingerprint density at radius 3 is 2.48 bits per heavy atom. The molecule has 0 radical (unpaired) electrons. The number of hydrogen-bond acceptors (Lipinski definition) is 4. The predicted octanol–water partition coefficient (Wildman–Crippen LogP) is 6.44. The first kappa shape index (κ1) is 26.4. The van der Waals surface area contributed by atoms with Gasteiger partial charge in [-0.3, -0.25) is 14.3 Å². The van der Waals surface area contributed by atoms with Crippen LogP contribution in [0.2, 0.25) is 0 Å². The van der Waals surface area contributed by atoms with Gasteiger partial charge < -0.3 is 5.11 Å². The normalized spacial score (nSPS) is 16.5. The number of hydrogen-bond donors (Lipinski definition) is 1. The van der Waals surface area contributed by atoms with Gasteiger partial charge in [-0.25, -0.2) is 13.8 Å². The van der Waals surface area contributed by atoms with Crippen molar-refractivity contribution in [1.82, 2.24) is 14.5 Å². The minimum absolute atomic E-state index is 0.0258. The van der Waals surface area contributed by atoms with Crippen molar-refractivity contribution in [2.75, 3.05) is 6.54 Å². The quantitative estimate of drug-likeness (QED) is 0.293. The summed E-state index contributed by atoms with van der Waals surface area (Å²) in [6, 6.07) is 21.9. The van der Waals surface area contributed by atoms with Crippen molar-refractivity contribution in [3.05, 3.63) is 128 Å². The number of rotatable bonds is 7. The third-order valence-corrected chi connectivity index (χ3v) is 8.15. The van der Waals surface area contributed by atoms with E-state index in [1.54, 1.807) is 0 Å². The van der Waals surface area contributed by atoms with Crippen molar-refractivity contribution in [3.63, 3.8) is 0 Å². The van der Waals surface area contributed by atoms with Crippen LogP contribution in [0.5, 0.6) is 5.75 Å². The first-order valence-corrected chi connectivity index (χ1v) is 13.9. The van der Waals surface area contributed by atoms with Gasteiger partial charge in [0, 0.05) is 50.0 Å². The molecular formula is C33H33F2N3O2. The van der Waals surface area contributed by atoms with Gasteiger partial charge >= 0.3 is 0 Å². The summed E-state index contributed by atoms with van der Waals surface area (Å²) in [6.07, 6.45) is 2.63. The molecule has 1 fully saturated rings. The van der Waals surface area contributed by atoms with Crippen LogP contribution in [0.15, 0.2) is 77.6 Å². The molecular weight excluding hydrogens is 508 g/mol. The van der Waals surface area contributed by atoms with Gasteiger partial charge in [0.05, 0.1) is 17.3 Å². The fourth-order valence-electron chi connectivity index (χ4n) is 5.80. The Balaban J connectivity index is 1.43. The van der Waals surface area contributed by atoms with E-state index in [1.165, 1.54) is 18.2 Å². The maximum atomic E-state index is 14.5. The molecule has 5 nitrogen and oxygen atoms in total. The maximum absolute atomic E-state index is 14.5. The van der Waals surface area contributed by atoms with Crippen molar-refractivity contribution in [2.24, 2.45) is 0 Å². The molecule has 206 valence electrons. The van der Waals surface area contributed by atoms with Crippen molar-refractivity contribution in [2.45, 2.75) is 64.1 Å². The fourth-order valence-corrected chi connectivity index (χ4v) is 5.80. The molecule has 1 unspecified atom stereocenters. The Hall–Kier alpha value is -3.84. The Bertz CT molecular complexity index is 1610. The number of aromatic hydroxyl groups is 1. The lowest BCUT2D eigenvalue weighted by atomic mass is 9.93. The zero-order chi connectivity index (χ0) is 28.0. The molecule has 4 aromatic rings. The molecule has 1 aromatic heterocycles. The molecule has 1 aliphatic carbocycles. The van der Waals surface area contributed by atoms with E-state index in [0.29, 0.717) is 30.6 Å². The minimum atomic E-state index is -3.00. The highest BCUT2D eigenvalue weighted by molar-refractivity contribution is 5.40. The number of halogens is 2. The summed E-state index contributed by atoms with van der Waals surface area (Å²) in [6.45, 7) is 4.15. The highest BCUT2D eigenvalue weighted by atomic mass is 19.3. The Morgan fingerprint density at radius 1 is 1.05 bits per heavy atom. The van der Waals surface area contributed by atoms with E-state index in [-0.39, 0.29) is 35.4 Å². The standard InChI is InChI=1S/C33H33F2N3O2/c1-21-8-6-7-11-26(21)30(22-9-4-3-5-10-22)38-31(23-12-13-23)36-28-16-17-37(20-27(28)32(38)40)19-24-18-25(33(2,34)35)14-15-29(24)39/h3-11,14-15,18,23,30,39H,12-13,16-17,19-20H2,1-2H3. The zero-order valence-electron chi connectivity index (χ0n) is 22.8. The first-order chi connectivity index (χ1) is 19.2. The number of phenolic OH excluding ortho intramolecular Hbond substituents is 1. The van der Waals surface area contributed by atoms with Gasteiger partial charge in [-0.05, 0) is 54.7 Å². The number of aryl methyl sites for hydroxylation is 1. The second-order valence-corrected chi connectivity index (χ2v) is 11.2. The summed E-state index contributed by atoms with van der Waals surface area (Å²) in [5.74, 6) is -1.91. The number of aromatic nitrogens is 2.